The number of likely N-dealkylation sites (tertiary alicyclic amines) is 1. The van der Waals surface area contributed by atoms with Crippen LogP contribution in [0.5, 0.6) is 0 Å². The average molecular weight is 412 g/mol. The molecule has 1 heterocycles. The van der Waals surface area contributed by atoms with E-state index in [9.17, 15) is 26.7 Å². The fourth-order valence-corrected chi connectivity index (χ4v) is 3.42. The standard InChI is InChI=1S/C19H17F5N4O/c1-28-9-12(10-5-7-11(8-6-10)19(22,23)24)15(17(28)27-25)18(29)26-14-4-2-3-13(20)16(14)21/h2-8,12,15H,9,25H2,1H3,(H,26,29). The van der Waals surface area contributed by atoms with Crippen LogP contribution in [-0.2, 0) is 11.0 Å². The van der Waals surface area contributed by atoms with Gasteiger partial charge in [-0.1, -0.05) is 18.2 Å². The first-order valence-electron chi connectivity index (χ1n) is 8.54. The highest BCUT2D eigenvalue weighted by Gasteiger charge is 2.43. The van der Waals surface area contributed by atoms with Crippen LogP contribution >= 0.6 is 0 Å². The summed E-state index contributed by atoms with van der Waals surface area (Å²) in [5.41, 5.74) is -0.710. The number of likely N-dealkylation sites (N-methyl/N-ethyl adjacent to an activating group) is 1. The van der Waals surface area contributed by atoms with E-state index in [0.29, 0.717) is 5.56 Å². The molecular weight excluding hydrogens is 395 g/mol. The number of carbonyl (C=O) groups is 1. The average Bonchev–Trinajstić information content (AvgIpc) is 3.01. The van der Waals surface area contributed by atoms with Gasteiger partial charge >= 0.3 is 6.18 Å². The zero-order valence-corrected chi connectivity index (χ0v) is 15.2. The number of nitrogens with two attached hydrogens (primary N) is 1. The summed E-state index contributed by atoms with van der Waals surface area (Å²) in [6, 6.07) is 7.75. The number of hydrogen-bond donors (Lipinski definition) is 2. The topological polar surface area (TPSA) is 70.7 Å². The Kier molecular flexibility index (Phi) is 5.45. The van der Waals surface area contributed by atoms with Gasteiger partial charge in [0.25, 0.3) is 0 Å². The number of carbonyl (C=O) groups excluding carboxylic acids is 1. The predicted molar refractivity (Wildman–Crippen MR) is 96.9 cm³/mol. The van der Waals surface area contributed by atoms with Crippen molar-refractivity contribution in [2.24, 2.45) is 16.9 Å². The molecule has 1 aliphatic rings. The lowest BCUT2D eigenvalue weighted by Crippen LogP contribution is -2.34. The summed E-state index contributed by atoms with van der Waals surface area (Å²) >= 11 is 0. The Labute approximate surface area is 163 Å². The van der Waals surface area contributed by atoms with Gasteiger partial charge in [-0.15, -0.1) is 0 Å². The molecule has 0 spiro atoms. The van der Waals surface area contributed by atoms with Crippen LogP contribution < -0.4 is 11.2 Å². The van der Waals surface area contributed by atoms with E-state index in [1.165, 1.54) is 24.3 Å². The second kappa shape index (κ2) is 7.69. The van der Waals surface area contributed by atoms with Crippen molar-refractivity contribution in [3.63, 3.8) is 0 Å². The molecule has 0 aliphatic carbocycles. The molecule has 1 aliphatic heterocycles. The molecule has 0 bridgehead atoms. The number of hydrogen-bond acceptors (Lipinski definition) is 3. The fraction of sp³-hybridized carbons (Fsp3) is 0.263. The first-order valence-corrected chi connectivity index (χ1v) is 8.54. The molecule has 5 nitrogen and oxygen atoms in total. The molecular formula is C19H17F5N4O. The Bertz CT molecular complexity index is 943. The van der Waals surface area contributed by atoms with Crippen molar-refractivity contribution < 1.29 is 26.7 Å². The van der Waals surface area contributed by atoms with Gasteiger partial charge in [-0.25, -0.2) is 8.78 Å². The fourth-order valence-electron chi connectivity index (χ4n) is 3.42. The summed E-state index contributed by atoms with van der Waals surface area (Å²) in [6.07, 6.45) is -4.49. The lowest BCUT2D eigenvalue weighted by molar-refractivity contribution is -0.137. The van der Waals surface area contributed by atoms with Crippen molar-refractivity contribution in [1.82, 2.24) is 4.90 Å². The van der Waals surface area contributed by atoms with Gasteiger partial charge in [-0.05, 0) is 29.8 Å². The molecule has 154 valence electrons. The Morgan fingerprint density at radius 3 is 2.41 bits per heavy atom. The maximum Gasteiger partial charge on any atom is 0.416 e. The van der Waals surface area contributed by atoms with Crippen molar-refractivity contribution in [3.8, 4) is 0 Å². The number of rotatable bonds is 3. The molecule has 1 fully saturated rings. The van der Waals surface area contributed by atoms with Crippen molar-refractivity contribution >= 4 is 17.4 Å². The van der Waals surface area contributed by atoms with Crippen LogP contribution in [0, 0.1) is 17.6 Å². The Hall–Kier alpha value is -3.17. The largest absolute Gasteiger partial charge is 0.416 e. The summed E-state index contributed by atoms with van der Waals surface area (Å²) in [5, 5.41) is 5.94. The Morgan fingerprint density at radius 1 is 1.17 bits per heavy atom. The minimum absolute atomic E-state index is 0.184. The van der Waals surface area contributed by atoms with Crippen LogP contribution in [0.1, 0.15) is 17.0 Å². The number of benzene rings is 2. The third-order valence-electron chi connectivity index (χ3n) is 4.83. The SMILES string of the molecule is CN1CC(c2ccc(C(F)(F)F)cc2)C(C(=O)Nc2cccc(F)c2F)C1=NN. The highest BCUT2D eigenvalue weighted by Crippen LogP contribution is 2.36. The number of hydrazone groups is 1. The normalized spacial score (nSPS) is 20.9. The first-order chi connectivity index (χ1) is 13.6. The van der Waals surface area contributed by atoms with Gasteiger partial charge in [-0.2, -0.15) is 18.3 Å². The van der Waals surface area contributed by atoms with Crippen molar-refractivity contribution in [1.29, 1.82) is 0 Å². The van der Waals surface area contributed by atoms with Crippen molar-refractivity contribution in [2.45, 2.75) is 12.1 Å². The second-order valence-electron chi connectivity index (χ2n) is 6.66. The van der Waals surface area contributed by atoms with Gasteiger partial charge in [0.05, 0.1) is 11.3 Å². The lowest BCUT2D eigenvalue weighted by Gasteiger charge is -2.19. The van der Waals surface area contributed by atoms with Gasteiger partial charge in [0.2, 0.25) is 5.91 Å². The zero-order valence-electron chi connectivity index (χ0n) is 15.2. The summed E-state index contributed by atoms with van der Waals surface area (Å²) in [6.45, 7) is 0.255. The minimum Gasteiger partial charge on any atom is -0.360 e. The molecule has 29 heavy (non-hydrogen) atoms. The Balaban J connectivity index is 1.92. The highest BCUT2D eigenvalue weighted by molar-refractivity contribution is 6.10. The van der Waals surface area contributed by atoms with Crippen LogP contribution in [-0.4, -0.2) is 30.2 Å². The smallest absolute Gasteiger partial charge is 0.360 e. The number of amidine groups is 1. The third kappa shape index (κ3) is 4.01. The number of alkyl halides is 3. The van der Waals surface area contributed by atoms with E-state index < -0.39 is 41.1 Å². The predicted octanol–water partition coefficient (Wildman–Crippen LogP) is 3.54. The minimum atomic E-state index is -4.49. The molecule has 3 rings (SSSR count). The number of nitrogens with zero attached hydrogens (tertiary/aromatic N) is 2. The molecule has 1 saturated heterocycles. The third-order valence-corrected chi connectivity index (χ3v) is 4.83. The molecule has 0 saturated carbocycles. The van der Waals surface area contributed by atoms with Crippen molar-refractivity contribution in [3.05, 3.63) is 65.2 Å². The van der Waals surface area contributed by atoms with E-state index in [2.05, 4.69) is 10.4 Å². The first kappa shape index (κ1) is 20.6. The maximum absolute atomic E-state index is 13.9. The molecule has 0 aromatic heterocycles. The second-order valence-corrected chi connectivity index (χ2v) is 6.66. The van der Waals surface area contributed by atoms with E-state index in [1.807, 2.05) is 0 Å². The van der Waals surface area contributed by atoms with Gasteiger partial charge in [0.1, 0.15) is 11.8 Å². The molecule has 2 aromatic carbocycles. The molecule has 10 heteroatoms. The quantitative estimate of drug-likeness (QED) is 0.460. The number of amides is 1. The van der Waals surface area contributed by atoms with Gasteiger partial charge in [0.15, 0.2) is 11.6 Å². The number of nitrogens with one attached hydrogen (secondary N) is 1. The van der Waals surface area contributed by atoms with E-state index in [4.69, 9.17) is 5.84 Å². The van der Waals surface area contributed by atoms with E-state index in [-0.39, 0.29) is 18.1 Å². The van der Waals surface area contributed by atoms with E-state index >= 15 is 0 Å². The molecule has 0 radical (unpaired) electrons. The molecule has 3 N–H and O–H groups in total. The molecule has 2 atom stereocenters. The van der Waals surface area contributed by atoms with E-state index in [1.54, 1.807) is 11.9 Å². The van der Waals surface area contributed by atoms with Gasteiger partial charge < -0.3 is 16.1 Å². The van der Waals surface area contributed by atoms with Crippen LogP contribution in [0.2, 0.25) is 0 Å². The monoisotopic (exact) mass is 412 g/mol. The van der Waals surface area contributed by atoms with Crippen LogP contribution in [0.4, 0.5) is 27.6 Å². The maximum atomic E-state index is 13.9. The Morgan fingerprint density at radius 2 is 1.83 bits per heavy atom. The summed E-state index contributed by atoms with van der Waals surface area (Å²) < 4.78 is 65.8. The molecule has 1 amide bonds. The van der Waals surface area contributed by atoms with Crippen LogP contribution in [0.15, 0.2) is 47.6 Å². The van der Waals surface area contributed by atoms with Crippen LogP contribution in [0.25, 0.3) is 0 Å². The summed E-state index contributed by atoms with van der Waals surface area (Å²) in [4.78, 5) is 14.5. The van der Waals surface area contributed by atoms with Crippen LogP contribution in [0.3, 0.4) is 0 Å². The molecule has 2 aromatic rings. The highest BCUT2D eigenvalue weighted by atomic mass is 19.4. The summed E-state index contributed by atoms with van der Waals surface area (Å²) in [7, 11) is 1.62. The summed E-state index contributed by atoms with van der Waals surface area (Å²) in [5.74, 6) is 0.966. The van der Waals surface area contributed by atoms with Crippen molar-refractivity contribution in [2.75, 3.05) is 18.9 Å². The van der Waals surface area contributed by atoms with Gasteiger partial charge in [0, 0.05) is 19.5 Å². The zero-order chi connectivity index (χ0) is 21.3. The van der Waals surface area contributed by atoms with E-state index in [0.717, 1.165) is 18.2 Å². The number of anilines is 1. The number of halogens is 5. The van der Waals surface area contributed by atoms with Gasteiger partial charge in [-0.3, -0.25) is 4.79 Å². The molecule has 2 unspecified atom stereocenters. The lowest BCUT2D eigenvalue weighted by atomic mass is 9.87.